The van der Waals surface area contributed by atoms with E-state index in [0.717, 1.165) is 22.0 Å². The first kappa shape index (κ1) is 20.4. The summed E-state index contributed by atoms with van der Waals surface area (Å²) < 4.78 is 10.6. The number of amides is 1. The minimum absolute atomic E-state index is 0.126. The number of ether oxygens (including phenoxy) is 2. The van der Waals surface area contributed by atoms with Gasteiger partial charge in [-0.2, -0.15) is 0 Å². The quantitative estimate of drug-likeness (QED) is 0.754. The molecule has 0 fully saturated rings. The average Bonchev–Trinajstić information content (AvgIpc) is 2.63. The van der Waals surface area contributed by atoms with Crippen molar-refractivity contribution in [2.24, 2.45) is 0 Å². The fourth-order valence-electron chi connectivity index (χ4n) is 2.51. The minimum Gasteiger partial charge on any atom is -0.497 e. The summed E-state index contributed by atoms with van der Waals surface area (Å²) in [7, 11) is 5.18. The van der Waals surface area contributed by atoms with Gasteiger partial charge in [0.25, 0.3) is 5.91 Å². The van der Waals surface area contributed by atoms with Gasteiger partial charge in [0.1, 0.15) is 18.0 Å². The summed E-state index contributed by atoms with van der Waals surface area (Å²) in [6.07, 6.45) is 0. The van der Waals surface area contributed by atoms with Gasteiger partial charge in [-0.15, -0.1) is 0 Å². The third kappa shape index (κ3) is 5.04. The molecule has 0 aliphatic heterocycles. The maximum Gasteiger partial charge on any atom is 0.282 e. The Kier molecular flexibility index (Phi) is 7.14. The van der Waals surface area contributed by atoms with Gasteiger partial charge in [-0.05, 0) is 37.3 Å². The first-order valence-electron chi connectivity index (χ1n) is 8.14. The zero-order valence-corrected chi connectivity index (χ0v) is 16.7. The number of carbonyl (C=O) groups excluding carboxylic acids is 1. The third-order valence-corrected chi connectivity index (χ3v) is 4.83. The number of methoxy groups -OCH3 is 2. The number of carbonyl (C=O) groups is 1. The van der Waals surface area contributed by atoms with Crippen molar-refractivity contribution in [2.75, 3.05) is 26.6 Å². The van der Waals surface area contributed by atoms with Crippen molar-refractivity contribution >= 4 is 34.8 Å². The Labute approximate surface area is 163 Å². The van der Waals surface area contributed by atoms with Crippen LogP contribution in [0.4, 0.5) is 5.69 Å². The maximum atomic E-state index is 12.6. The molecule has 2 aromatic rings. The van der Waals surface area contributed by atoms with Gasteiger partial charge in [-0.25, -0.2) is 0 Å². The number of quaternary nitrogens is 1. The lowest BCUT2D eigenvalue weighted by molar-refractivity contribution is -0.907. The lowest BCUT2D eigenvalue weighted by atomic mass is 10.1. The molecule has 2 aromatic carbocycles. The Balaban J connectivity index is 2.06. The van der Waals surface area contributed by atoms with E-state index in [1.165, 1.54) is 0 Å². The second-order valence-electron chi connectivity index (χ2n) is 6.04. The normalized spacial score (nSPS) is 13.0. The fraction of sp³-hybridized carbons (Fsp3) is 0.316. The second-order valence-corrected chi connectivity index (χ2v) is 6.88. The molecule has 2 atom stereocenters. The smallest absolute Gasteiger partial charge is 0.282 e. The van der Waals surface area contributed by atoms with E-state index < -0.39 is 0 Å². The predicted octanol–water partition coefficient (Wildman–Crippen LogP) is 3.05. The Morgan fingerprint density at radius 1 is 1.15 bits per heavy atom. The van der Waals surface area contributed by atoms with Crippen LogP contribution in [0, 0.1) is 0 Å². The molecule has 1 unspecified atom stereocenters. The Bertz CT molecular complexity index is 783. The van der Waals surface area contributed by atoms with Gasteiger partial charge in [0.05, 0.1) is 32.0 Å². The van der Waals surface area contributed by atoms with Crippen molar-refractivity contribution < 1.29 is 19.2 Å². The zero-order chi connectivity index (χ0) is 19.3. The SMILES string of the molecule is COc1ccc(C[NH+](C)[C@@H](C)C(=O)Nc2ccc(Cl)cc2Cl)c(OC)c1. The van der Waals surface area contributed by atoms with Gasteiger partial charge < -0.3 is 19.7 Å². The van der Waals surface area contributed by atoms with E-state index in [2.05, 4.69) is 5.32 Å². The molecule has 140 valence electrons. The van der Waals surface area contributed by atoms with Crippen molar-refractivity contribution in [1.82, 2.24) is 0 Å². The minimum atomic E-state index is -0.298. The zero-order valence-electron chi connectivity index (χ0n) is 15.2. The van der Waals surface area contributed by atoms with Gasteiger partial charge in [-0.1, -0.05) is 23.2 Å². The molecule has 0 saturated carbocycles. The number of likely N-dealkylation sites (N-methyl/N-ethyl adjacent to an activating group) is 1. The molecular formula is C19H23Cl2N2O3+. The van der Waals surface area contributed by atoms with Crippen LogP contribution in [0.15, 0.2) is 36.4 Å². The summed E-state index contributed by atoms with van der Waals surface area (Å²) >= 11 is 12.0. The molecule has 0 heterocycles. The number of benzene rings is 2. The van der Waals surface area contributed by atoms with Crippen molar-refractivity contribution in [3.05, 3.63) is 52.0 Å². The Hall–Kier alpha value is -1.95. The van der Waals surface area contributed by atoms with Crippen LogP contribution >= 0.6 is 23.2 Å². The Morgan fingerprint density at radius 2 is 1.88 bits per heavy atom. The molecule has 0 aromatic heterocycles. The number of nitrogens with one attached hydrogen (secondary N) is 2. The van der Waals surface area contributed by atoms with Crippen LogP contribution in [-0.4, -0.2) is 33.2 Å². The molecule has 0 bridgehead atoms. The fourth-order valence-corrected chi connectivity index (χ4v) is 2.96. The van der Waals surface area contributed by atoms with E-state index in [1.54, 1.807) is 32.4 Å². The number of halogens is 2. The van der Waals surface area contributed by atoms with Crippen LogP contribution in [0.25, 0.3) is 0 Å². The van der Waals surface area contributed by atoms with E-state index in [9.17, 15) is 4.79 Å². The molecule has 0 aliphatic carbocycles. The molecule has 2 N–H and O–H groups in total. The lowest BCUT2D eigenvalue weighted by Crippen LogP contribution is -3.12. The van der Waals surface area contributed by atoms with Crippen LogP contribution in [0.1, 0.15) is 12.5 Å². The molecule has 0 radical (unpaired) electrons. The molecule has 0 spiro atoms. The summed E-state index contributed by atoms with van der Waals surface area (Å²) in [5.41, 5.74) is 1.54. The first-order valence-corrected chi connectivity index (χ1v) is 8.90. The topological polar surface area (TPSA) is 52.0 Å². The van der Waals surface area contributed by atoms with E-state index in [1.807, 2.05) is 32.2 Å². The number of rotatable bonds is 7. The van der Waals surface area contributed by atoms with Gasteiger partial charge in [0.15, 0.2) is 6.04 Å². The van der Waals surface area contributed by atoms with E-state index >= 15 is 0 Å². The molecular weight excluding hydrogens is 375 g/mol. The summed E-state index contributed by atoms with van der Waals surface area (Å²) in [6, 6.07) is 10.3. The molecule has 0 saturated heterocycles. The van der Waals surface area contributed by atoms with Crippen molar-refractivity contribution in [1.29, 1.82) is 0 Å². The van der Waals surface area contributed by atoms with Gasteiger partial charge in [-0.3, -0.25) is 4.79 Å². The highest BCUT2D eigenvalue weighted by molar-refractivity contribution is 6.36. The molecule has 0 aliphatic rings. The van der Waals surface area contributed by atoms with Gasteiger partial charge in [0.2, 0.25) is 0 Å². The van der Waals surface area contributed by atoms with Crippen LogP contribution in [0.5, 0.6) is 11.5 Å². The predicted molar refractivity (Wildman–Crippen MR) is 105 cm³/mol. The van der Waals surface area contributed by atoms with E-state index in [0.29, 0.717) is 22.3 Å². The van der Waals surface area contributed by atoms with Gasteiger partial charge >= 0.3 is 0 Å². The molecule has 5 nitrogen and oxygen atoms in total. The van der Waals surface area contributed by atoms with Crippen molar-refractivity contribution in [3.63, 3.8) is 0 Å². The molecule has 2 rings (SSSR count). The van der Waals surface area contributed by atoms with Crippen LogP contribution < -0.4 is 19.7 Å². The van der Waals surface area contributed by atoms with E-state index in [4.69, 9.17) is 32.7 Å². The molecule has 1 amide bonds. The lowest BCUT2D eigenvalue weighted by Gasteiger charge is -2.22. The maximum absolute atomic E-state index is 12.6. The summed E-state index contributed by atoms with van der Waals surface area (Å²) in [6.45, 7) is 2.49. The van der Waals surface area contributed by atoms with Crippen LogP contribution in [-0.2, 0) is 11.3 Å². The van der Waals surface area contributed by atoms with Crippen LogP contribution in [0.2, 0.25) is 10.0 Å². The third-order valence-electron chi connectivity index (χ3n) is 4.29. The highest BCUT2D eigenvalue weighted by Crippen LogP contribution is 2.26. The number of anilines is 1. The summed E-state index contributed by atoms with van der Waals surface area (Å²) in [4.78, 5) is 13.6. The second kappa shape index (κ2) is 9.12. The van der Waals surface area contributed by atoms with Crippen molar-refractivity contribution in [3.8, 4) is 11.5 Å². The van der Waals surface area contributed by atoms with Crippen LogP contribution in [0.3, 0.4) is 0 Å². The standard InChI is InChI=1S/C19H22Cl2N2O3/c1-12(19(24)22-17-8-6-14(20)9-16(17)21)23(2)11-13-5-7-15(25-3)10-18(13)26-4/h5-10,12H,11H2,1-4H3,(H,22,24)/p+1/t12-/m0/s1. The largest absolute Gasteiger partial charge is 0.497 e. The highest BCUT2D eigenvalue weighted by atomic mass is 35.5. The monoisotopic (exact) mass is 397 g/mol. The van der Waals surface area contributed by atoms with Gasteiger partial charge in [0, 0.05) is 16.7 Å². The highest BCUT2D eigenvalue weighted by Gasteiger charge is 2.24. The number of hydrogen-bond acceptors (Lipinski definition) is 3. The first-order chi connectivity index (χ1) is 12.3. The summed E-state index contributed by atoms with van der Waals surface area (Å²) in [5, 5.41) is 3.78. The Morgan fingerprint density at radius 3 is 2.50 bits per heavy atom. The number of hydrogen-bond donors (Lipinski definition) is 2. The molecule has 7 heteroatoms. The summed E-state index contributed by atoms with van der Waals surface area (Å²) in [5.74, 6) is 1.34. The average molecular weight is 398 g/mol. The van der Waals surface area contributed by atoms with Crippen molar-refractivity contribution in [2.45, 2.75) is 19.5 Å². The van der Waals surface area contributed by atoms with E-state index in [-0.39, 0.29) is 11.9 Å². The molecule has 26 heavy (non-hydrogen) atoms.